The van der Waals surface area contributed by atoms with Crippen LogP contribution in [-0.2, 0) is 9.59 Å². The van der Waals surface area contributed by atoms with E-state index in [9.17, 15) is 14.7 Å². The number of ketones is 1. The number of carboxylic acid groups (broad SMARTS) is 1. The number of carbonyl (C=O) groups excluding carboxylic acids is 2. The van der Waals surface area contributed by atoms with Crippen LogP contribution in [0.1, 0.15) is 46.5 Å². The molecule has 0 radical (unpaired) electrons. The number of carbonyl (C=O) groups is 2. The number of carboxylic acids is 1. The third kappa shape index (κ3) is 1.26. The molecule has 90 valence electrons. The van der Waals surface area contributed by atoms with Crippen molar-refractivity contribution in [3.8, 4) is 0 Å². The quantitative estimate of drug-likeness (QED) is 0.721. The zero-order valence-corrected chi connectivity index (χ0v) is 10.2. The summed E-state index contributed by atoms with van der Waals surface area (Å²) in [6, 6.07) is 0. The first-order valence-corrected chi connectivity index (χ1v) is 6.05. The van der Waals surface area contributed by atoms with Gasteiger partial charge in [-0.3, -0.25) is 4.79 Å². The lowest BCUT2D eigenvalue weighted by molar-refractivity contribution is -0.306. The third-order valence-electron chi connectivity index (χ3n) is 5.33. The van der Waals surface area contributed by atoms with Crippen LogP contribution in [0.25, 0.3) is 0 Å². The minimum atomic E-state index is -1.04. The Bertz CT molecular complexity index is 345. The van der Waals surface area contributed by atoms with E-state index in [1.54, 1.807) is 0 Å². The second-order valence-electron chi connectivity index (χ2n) is 6.08. The topological polar surface area (TPSA) is 57.2 Å². The molecule has 2 fully saturated rings. The lowest BCUT2D eigenvalue weighted by atomic mass is 9.70. The van der Waals surface area contributed by atoms with Gasteiger partial charge in [0.15, 0.2) is 0 Å². The third-order valence-corrected chi connectivity index (χ3v) is 5.33. The Morgan fingerprint density at radius 2 is 2.06 bits per heavy atom. The van der Waals surface area contributed by atoms with Gasteiger partial charge in [-0.25, -0.2) is 0 Å². The van der Waals surface area contributed by atoms with Crippen molar-refractivity contribution >= 4 is 11.8 Å². The van der Waals surface area contributed by atoms with Crippen LogP contribution in [0.2, 0.25) is 0 Å². The Balaban J connectivity index is 2.20. The average Bonchev–Trinajstić information content (AvgIpc) is 2.47. The average molecular weight is 223 g/mol. The van der Waals surface area contributed by atoms with E-state index in [1.165, 1.54) is 0 Å². The van der Waals surface area contributed by atoms with Gasteiger partial charge < -0.3 is 9.90 Å². The van der Waals surface area contributed by atoms with E-state index in [0.29, 0.717) is 12.3 Å². The fraction of sp³-hybridized carbons (Fsp3) is 0.846. The van der Waals surface area contributed by atoms with Crippen molar-refractivity contribution in [1.29, 1.82) is 0 Å². The molecule has 3 nitrogen and oxygen atoms in total. The summed E-state index contributed by atoms with van der Waals surface area (Å²) >= 11 is 0. The molecule has 0 amide bonds. The lowest BCUT2D eigenvalue weighted by Gasteiger charge is -2.32. The van der Waals surface area contributed by atoms with Crippen LogP contribution in [-0.4, -0.2) is 11.8 Å². The van der Waals surface area contributed by atoms with Crippen LogP contribution in [0.5, 0.6) is 0 Å². The van der Waals surface area contributed by atoms with Gasteiger partial charge in [-0.2, -0.15) is 0 Å². The van der Waals surface area contributed by atoms with Crippen molar-refractivity contribution in [1.82, 2.24) is 0 Å². The van der Waals surface area contributed by atoms with Crippen molar-refractivity contribution in [3.63, 3.8) is 0 Å². The summed E-state index contributed by atoms with van der Waals surface area (Å²) in [6.07, 6.45) is 2.50. The van der Waals surface area contributed by atoms with Gasteiger partial charge in [0.25, 0.3) is 0 Å². The van der Waals surface area contributed by atoms with Gasteiger partial charge in [0.2, 0.25) is 0 Å². The molecule has 2 aliphatic carbocycles. The molecule has 0 aliphatic heterocycles. The molecule has 0 aromatic heterocycles. The molecule has 2 saturated carbocycles. The van der Waals surface area contributed by atoms with Crippen molar-refractivity contribution in [2.75, 3.05) is 0 Å². The van der Waals surface area contributed by atoms with Crippen molar-refractivity contribution in [2.45, 2.75) is 46.5 Å². The highest BCUT2D eigenvalue weighted by Gasteiger charge is 2.65. The normalized spacial score (nSPS) is 40.3. The zero-order valence-electron chi connectivity index (χ0n) is 10.2. The molecule has 16 heavy (non-hydrogen) atoms. The predicted molar refractivity (Wildman–Crippen MR) is 57.4 cm³/mol. The fourth-order valence-corrected chi connectivity index (χ4v) is 3.88. The van der Waals surface area contributed by atoms with Crippen LogP contribution < -0.4 is 5.11 Å². The number of fused-ring (bicyclic) bond motifs is 2. The molecule has 0 aromatic carbocycles. The molecule has 0 spiro atoms. The highest BCUT2D eigenvalue weighted by molar-refractivity contribution is 5.91. The van der Waals surface area contributed by atoms with E-state index in [1.807, 2.05) is 6.92 Å². The lowest BCUT2D eigenvalue weighted by Crippen LogP contribution is -2.33. The largest absolute Gasteiger partial charge is 0.550 e. The zero-order chi connectivity index (χ0) is 12.1. The fourth-order valence-electron chi connectivity index (χ4n) is 3.88. The maximum atomic E-state index is 12.3. The van der Waals surface area contributed by atoms with Gasteiger partial charge >= 0.3 is 0 Å². The minimum Gasteiger partial charge on any atom is -0.550 e. The van der Waals surface area contributed by atoms with E-state index < -0.39 is 5.97 Å². The first-order chi connectivity index (χ1) is 7.30. The molecular weight excluding hydrogens is 204 g/mol. The molecule has 0 aromatic rings. The Hall–Kier alpha value is -0.860. The molecule has 0 unspecified atom stereocenters. The van der Waals surface area contributed by atoms with Gasteiger partial charge in [-0.1, -0.05) is 20.8 Å². The van der Waals surface area contributed by atoms with Crippen LogP contribution in [0, 0.1) is 22.7 Å². The van der Waals surface area contributed by atoms with Crippen LogP contribution in [0.3, 0.4) is 0 Å². The van der Waals surface area contributed by atoms with Gasteiger partial charge in [0.1, 0.15) is 5.78 Å². The molecule has 2 bridgehead atoms. The molecule has 2 aliphatic rings. The molecule has 3 atom stereocenters. The number of hydrogen-bond donors (Lipinski definition) is 0. The Morgan fingerprint density at radius 3 is 2.50 bits per heavy atom. The summed E-state index contributed by atoms with van der Waals surface area (Å²) < 4.78 is 0. The number of aliphatic carboxylic acids is 1. The first-order valence-electron chi connectivity index (χ1n) is 6.05. The summed E-state index contributed by atoms with van der Waals surface area (Å²) in [5.41, 5.74) is -0.199. The summed E-state index contributed by atoms with van der Waals surface area (Å²) in [6.45, 7) is 6.36. The monoisotopic (exact) mass is 223 g/mol. The van der Waals surface area contributed by atoms with Crippen LogP contribution in [0.4, 0.5) is 0 Å². The van der Waals surface area contributed by atoms with Crippen LogP contribution in [0.15, 0.2) is 0 Å². The Morgan fingerprint density at radius 1 is 1.44 bits per heavy atom. The number of rotatable bonds is 3. The van der Waals surface area contributed by atoms with E-state index in [-0.39, 0.29) is 29.0 Å². The maximum Gasteiger partial charge on any atom is 0.142 e. The van der Waals surface area contributed by atoms with Gasteiger partial charge in [-0.15, -0.1) is 0 Å². The highest BCUT2D eigenvalue weighted by atomic mass is 16.4. The van der Waals surface area contributed by atoms with Crippen molar-refractivity contribution in [2.24, 2.45) is 22.7 Å². The molecular formula is C13H19O3-. The molecule has 0 heterocycles. The summed E-state index contributed by atoms with van der Waals surface area (Å²) in [5.74, 6) is -0.440. The summed E-state index contributed by atoms with van der Waals surface area (Å²) in [7, 11) is 0. The highest BCUT2D eigenvalue weighted by Crippen LogP contribution is 2.66. The second-order valence-corrected chi connectivity index (χ2v) is 6.08. The molecule has 3 heteroatoms. The van der Waals surface area contributed by atoms with Gasteiger partial charge in [-0.05, 0) is 37.0 Å². The van der Waals surface area contributed by atoms with E-state index in [0.717, 1.165) is 12.8 Å². The van der Waals surface area contributed by atoms with Gasteiger partial charge in [0, 0.05) is 17.3 Å². The minimum absolute atomic E-state index is 0.0130. The maximum absolute atomic E-state index is 12.3. The summed E-state index contributed by atoms with van der Waals surface area (Å²) in [5, 5.41) is 10.5. The number of hydrogen-bond acceptors (Lipinski definition) is 3. The van der Waals surface area contributed by atoms with Crippen LogP contribution >= 0.6 is 0 Å². The molecule has 0 N–H and O–H groups in total. The first kappa shape index (κ1) is 11.6. The van der Waals surface area contributed by atoms with E-state index in [4.69, 9.17) is 0 Å². The van der Waals surface area contributed by atoms with E-state index >= 15 is 0 Å². The SMILES string of the molecule is CC1(C)[C@@H]2CC[C@@]1(C)C(=O)[C@@H]2CCC(=O)[O-]. The Kier molecular flexibility index (Phi) is 2.41. The van der Waals surface area contributed by atoms with Gasteiger partial charge in [0.05, 0.1) is 0 Å². The molecule has 0 saturated heterocycles. The van der Waals surface area contributed by atoms with Crippen molar-refractivity contribution < 1.29 is 14.7 Å². The van der Waals surface area contributed by atoms with Crippen molar-refractivity contribution in [3.05, 3.63) is 0 Å². The standard InChI is InChI=1S/C13H20O3/c1-12(2)9-6-7-13(12,3)11(16)8(9)4-5-10(14)15/h8-9H,4-7H2,1-3H3,(H,14,15)/p-1/t8-,9-,13+/m1/s1. The smallest absolute Gasteiger partial charge is 0.142 e. The predicted octanol–water partition coefficient (Wildman–Crippen LogP) is 1.16. The summed E-state index contributed by atoms with van der Waals surface area (Å²) in [4.78, 5) is 22.8. The molecule has 2 rings (SSSR count). The Labute approximate surface area is 96.2 Å². The van der Waals surface area contributed by atoms with E-state index in [2.05, 4.69) is 13.8 Å². The number of Topliss-reactive ketones (excluding diaryl/α,β-unsaturated/α-hetero) is 1. The second kappa shape index (κ2) is 3.31.